The fourth-order valence-corrected chi connectivity index (χ4v) is 3.32. The molecule has 1 aliphatic rings. The summed E-state index contributed by atoms with van der Waals surface area (Å²) in [5.41, 5.74) is 0. The Labute approximate surface area is 165 Å². The lowest BCUT2D eigenvalue weighted by molar-refractivity contribution is 0.0396. The first-order chi connectivity index (χ1) is 13.1. The number of benzene rings is 2. The number of hydrogen-bond donors (Lipinski definition) is 1. The van der Waals surface area contributed by atoms with Crippen molar-refractivity contribution in [3.8, 4) is 17.2 Å². The quantitative estimate of drug-likeness (QED) is 0.744. The number of para-hydroxylation sites is 2. The molecular weight excluding hydrogens is 366 g/mol. The van der Waals surface area contributed by atoms with Crippen LogP contribution in [0.3, 0.4) is 0 Å². The van der Waals surface area contributed by atoms with E-state index in [4.69, 9.17) is 25.8 Å². The third-order valence-electron chi connectivity index (χ3n) is 4.62. The Morgan fingerprint density at radius 1 is 1.07 bits per heavy atom. The Bertz CT molecular complexity index is 702. The molecule has 27 heavy (non-hydrogen) atoms. The van der Waals surface area contributed by atoms with Crippen LogP contribution in [0.2, 0.25) is 5.02 Å². The Morgan fingerprint density at radius 3 is 2.41 bits per heavy atom. The number of β-amino-alcohol motifs (C(OH)–C–C–N with tert-alkyl or cyclic N) is 1. The smallest absolute Gasteiger partial charge is 0.161 e. The molecule has 0 spiro atoms. The number of rotatable bonds is 8. The number of methoxy groups -OCH3 is 1. The zero-order chi connectivity index (χ0) is 19.1. The molecule has 0 radical (unpaired) electrons. The summed E-state index contributed by atoms with van der Waals surface area (Å²) in [6, 6.07) is 14.9. The zero-order valence-corrected chi connectivity index (χ0v) is 16.3. The molecular formula is C21H26ClNO4. The van der Waals surface area contributed by atoms with Gasteiger partial charge in [-0.15, -0.1) is 0 Å². The van der Waals surface area contributed by atoms with Gasteiger partial charge >= 0.3 is 0 Å². The molecule has 3 rings (SSSR count). The third-order valence-corrected chi connectivity index (χ3v) is 4.87. The molecule has 1 atom stereocenters. The first-order valence-electron chi connectivity index (χ1n) is 9.22. The maximum atomic E-state index is 10.3. The highest BCUT2D eigenvalue weighted by Gasteiger charge is 2.22. The van der Waals surface area contributed by atoms with Crippen LogP contribution in [0.1, 0.15) is 12.8 Å². The fourth-order valence-electron chi connectivity index (χ4n) is 3.19. The van der Waals surface area contributed by atoms with E-state index in [-0.39, 0.29) is 12.7 Å². The van der Waals surface area contributed by atoms with Crippen molar-refractivity contribution < 1.29 is 19.3 Å². The third kappa shape index (κ3) is 6.03. The summed E-state index contributed by atoms with van der Waals surface area (Å²) in [5, 5.41) is 11.0. The monoisotopic (exact) mass is 391 g/mol. The van der Waals surface area contributed by atoms with E-state index in [0.717, 1.165) is 31.7 Å². The second kappa shape index (κ2) is 9.83. The summed E-state index contributed by atoms with van der Waals surface area (Å²) < 4.78 is 17.0. The molecule has 2 aromatic rings. The maximum absolute atomic E-state index is 10.3. The number of hydrogen-bond acceptors (Lipinski definition) is 5. The minimum Gasteiger partial charge on any atom is -0.493 e. The fraction of sp³-hybridized carbons (Fsp3) is 0.429. The predicted octanol–water partition coefficient (Wildman–Crippen LogP) is 3.63. The van der Waals surface area contributed by atoms with Gasteiger partial charge in [-0.2, -0.15) is 0 Å². The second-order valence-electron chi connectivity index (χ2n) is 6.69. The van der Waals surface area contributed by atoms with E-state index in [1.54, 1.807) is 7.11 Å². The summed E-state index contributed by atoms with van der Waals surface area (Å²) in [7, 11) is 1.61. The molecule has 0 aromatic heterocycles. The first kappa shape index (κ1) is 19.8. The highest BCUT2D eigenvalue weighted by molar-refractivity contribution is 6.30. The van der Waals surface area contributed by atoms with E-state index in [1.807, 2.05) is 48.5 Å². The van der Waals surface area contributed by atoms with E-state index in [9.17, 15) is 5.11 Å². The molecule has 1 saturated heterocycles. The van der Waals surface area contributed by atoms with E-state index in [2.05, 4.69) is 4.90 Å². The SMILES string of the molecule is COc1ccccc1OCC(O)CN1CCC(Oc2ccc(Cl)cc2)CC1. The second-order valence-corrected chi connectivity index (χ2v) is 7.12. The highest BCUT2D eigenvalue weighted by Crippen LogP contribution is 2.26. The summed E-state index contributed by atoms with van der Waals surface area (Å²) in [6.07, 6.45) is 1.51. The van der Waals surface area contributed by atoms with Gasteiger partial charge in [0, 0.05) is 24.7 Å². The van der Waals surface area contributed by atoms with Crippen LogP contribution in [-0.4, -0.2) is 55.6 Å². The van der Waals surface area contributed by atoms with Crippen molar-refractivity contribution in [2.24, 2.45) is 0 Å². The predicted molar refractivity (Wildman–Crippen MR) is 106 cm³/mol. The van der Waals surface area contributed by atoms with Gasteiger partial charge in [-0.3, -0.25) is 0 Å². The number of nitrogens with zero attached hydrogens (tertiary/aromatic N) is 1. The van der Waals surface area contributed by atoms with Gasteiger partial charge in [-0.05, 0) is 49.2 Å². The average molecular weight is 392 g/mol. The first-order valence-corrected chi connectivity index (χ1v) is 9.60. The maximum Gasteiger partial charge on any atom is 0.161 e. The van der Waals surface area contributed by atoms with E-state index in [0.29, 0.717) is 23.1 Å². The van der Waals surface area contributed by atoms with Gasteiger partial charge in [-0.25, -0.2) is 0 Å². The van der Waals surface area contributed by atoms with Crippen molar-refractivity contribution >= 4 is 11.6 Å². The number of halogens is 1. The van der Waals surface area contributed by atoms with Crippen molar-refractivity contribution in [2.45, 2.75) is 25.0 Å². The lowest BCUT2D eigenvalue weighted by atomic mass is 10.1. The summed E-state index contributed by atoms with van der Waals surface area (Å²) in [4.78, 5) is 2.25. The minimum absolute atomic E-state index is 0.199. The standard InChI is InChI=1S/C21H26ClNO4/c1-25-20-4-2-3-5-21(20)26-15-17(24)14-23-12-10-19(11-13-23)27-18-8-6-16(22)7-9-18/h2-9,17,19,24H,10-15H2,1H3. The Hall–Kier alpha value is -1.95. The van der Waals surface area contributed by atoms with Gasteiger partial charge in [0.15, 0.2) is 11.5 Å². The number of aliphatic hydroxyl groups is 1. The van der Waals surface area contributed by atoms with Gasteiger partial charge in [0.05, 0.1) is 7.11 Å². The number of likely N-dealkylation sites (tertiary alicyclic amines) is 1. The molecule has 1 unspecified atom stereocenters. The molecule has 1 fully saturated rings. The van der Waals surface area contributed by atoms with Crippen molar-refractivity contribution in [3.63, 3.8) is 0 Å². The molecule has 0 aliphatic carbocycles. The van der Waals surface area contributed by atoms with Crippen LogP contribution in [0.5, 0.6) is 17.2 Å². The number of ether oxygens (including phenoxy) is 3. The molecule has 1 aliphatic heterocycles. The van der Waals surface area contributed by atoms with Crippen LogP contribution >= 0.6 is 11.6 Å². The molecule has 146 valence electrons. The summed E-state index contributed by atoms with van der Waals surface area (Å²) in [6.45, 7) is 2.61. The summed E-state index contributed by atoms with van der Waals surface area (Å²) in [5.74, 6) is 2.17. The minimum atomic E-state index is -0.552. The van der Waals surface area contributed by atoms with E-state index in [1.165, 1.54) is 0 Å². The normalized spacial score (nSPS) is 16.7. The molecule has 0 saturated carbocycles. The van der Waals surface area contributed by atoms with Crippen LogP contribution in [-0.2, 0) is 0 Å². The molecule has 1 N–H and O–H groups in total. The molecule has 6 heteroatoms. The largest absolute Gasteiger partial charge is 0.493 e. The molecule has 5 nitrogen and oxygen atoms in total. The van der Waals surface area contributed by atoms with Crippen LogP contribution < -0.4 is 14.2 Å². The van der Waals surface area contributed by atoms with E-state index >= 15 is 0 Å². The number of piperidine rings is 1. The highest BCUT2D eigenvalue weighted by atomic mass is 35.5. The van der Waals surface area contributed by atoms with Gasteiger partial charge in [0.1, 0.15) is 24.6 Å². The van der Waals surface area contributed by atoms with Gasteiger partial charge < -0.3 is 24.2 Å². The van der Waals surface area contributed by atoms with Gasteiger partial charge in [-0.1, -0.05) is 23.7 Å². The van der Waals surface area contributed by atoms with E-state index < -0.39 is 6.10 Å². The van der Waals surface area contributed by atoms with Gasteiger partial charge in [0.25, 0.3) is 0 Å². The average Bonchev–Trinajstić information content (AvgIpc) is 2.70. The molecule has 1 heterocycles. The lowest BCUT2D eigenvalue weighted by Crippen LogP contribution is -2.43. The van der Waals surface area contributed by atoms with Crippen LogP contribution in [0.15, 0.2) is 48.5 Å². The Kier molecular flexibility index (Phi) is 7.21. The molecule has 0 bridgehead atoms. The van der Waals surface area contributed by atoms with Gasteiger partial charge in [0.2, 0.25) is 0 Å². The topological polar surface area (TPSA) is 51.2 Å². The van der Waals surface area contributed by atoms with Crippen molar-refractivity contribution in [3.05, 3.63) is 53.6 Å². The Morgan fingerprint density at radius 2 is 1.74 bits per heavy atom. The zero-order valence-electron chi connectivity index (χ0n) is 15.5. The Balaban J connectivity index is 1.39. The molecule has 2 aromatic carbocycles. The van der Waals surface area contributed by atoms with Crippen LogP contribution in [0.25, 0.3) is 0 Å². The van der Waals surface area contributed by atoms with Crippen molar-refractivity contribution in [2.75, 3.05) is 33.4 Å². The summed E-state index contributed by atoms with van der Waals surface area (Å²) >= 11 is 5.90. The van der Waals surface area contributed by atoms with Crippen LogP contribution in [0, 0.1) is 0 Å². The lowest BCUT2D eigenvalue weighted by Gasteiger charge is -2.33. The molecule has 0 amide bonds. The van der Waals surface area contributed by atoms with Crippen molar-refractivity contribution in [1.82, 2.24) is 4.90 Å². The van der Waals surface area contributed by atoms with Crippen molar-refractivity contribution in [1.29, 1.82) is 0 Å². The van der Waals surface area contributed by atoms with Crippen LogP contribution in [0.4, 0.5) is 0 Å². The number of aliphatic hydroxyl groups excluding tert-OH is 1.